The van der Waals surface area contributed by atoms with Crippen molar-refractivity contribution < 1.29 is 9.53 Å². The lowest BCUT2D eigenvalue weighted by Crippen LogP contribution is -2.01. The summed E-state index contributed by atoms with van der Waals surface area (Å²) in [5.74, 6) is -0.499. The molecular formula is C12H10O2. The first-order valence-electron chi connectivity index (χ1n) is 4.07. The maximum atomic E-state index is 11.3. The van der Waals surface area contributed by atoms with E-state index in [4.69, 9.17) is 0 Å². The molecule has 70 valence electrons. The molecule has 0 fully saturated rings. The zero-order valence-corrected chi connectivity index (χ0v) is 7.69. The predicted molar refractivity (Wildman–Crippen MR) is 55.3 cm³/mol. The van der Waals surface area contributed by atoms with Crippen molar-refractivity contribution in [3.8, 4) is 0 Å². The standard InChI is InChI=1S/C12H10O2/c1-3-11(12(13)14-4-2)10-8-6-5-7-9-10/h4-9H,1-2H2. The molecule has 0 unspecified atom stereocenters. The van der Waals surface area contributed by atoms with E-state index < -0.39 is 5.97 Å². The molecule has 0 aliphatic rings. The average molecular weight is 186 g/mol. The molecule has 0 radical (unpaired) electrons. The van der Waals surface area contributed by atoms with Crippen LogP contribution < -0.4 is 0 Å². The van der Waals surface area contributed by atoms with E-state index in [1.165, 1.54) is 0 Å². The SMILES string of the molecule is C=C=C(C(=O)OC=C)c1ccccc1. The zero-order valence-electron chi connectivity index (χ0n) is 7.69. The smallest absolute Gasteiger partial charge is 0.351 e. The molecule has 0 heterocycles. The van der Waals surface area contributed by atoms with E-state index in [1.807, 2.05) is 18.2 Å². The number of carbonyl (C=O) groups excluding carboxylic acids is 1. The van der Waals surface area contributed by atoms with Crippen LogP contribution in [0.4, 0.5) is 0 Å². The van der Waals surface area contributed by atoms with Gasteiger partial charge < -0.3 is 4.74 Å². The third kappa shape index (κ3) is 2.22. The fourth-order valence-electron chi connectivity index (χ4n) is 1.03. The van der Waals surface area contributed by atoms with Crippen molar-refractivity contribution in [2.75, 3.05) is 0 Å². The highest BCUT2D eigenvalue weighted by molar-refractivity contribution is 6.16. The second-order valence-corrected chi connectivity index (χ2v) is 2.49. The Morgan fingerprint density at radius 2 is 2.00 bits per heavy atom. The minimum atomic E-state index is -0.499. The summed E-state index contributed by atoms with van der Waals surface area (Å²) in [6.07, 6.45) is 1.09. The van der Waals surface area contributed by atoms with E-state index in [-0.39, 0.29) is 0 Å². The second kappa shape index (κ2) is 4.85. The number of carbonyl (C=O) groups is 1. The summed E-state index contributed by atoms with van der Waals surface area (Å²) in [7, 11) is 0. The molecule has 0 aliphatic carbocycles. The highest BCUT2D eigenvalue weighted by atomic mass is 16.5. The first kappa shape index (κ1) is 10.0. The van der Waals surface area contributed by atoms with Crippen LogP contribution in [-0.2, 0) is 9.53 Å². The van der Waals surface area contributed by atoms with Crippen LogP contribution in [0, 0.1) is 0 Å². The Hall–Kier alpha value is -2.05. The minimum Gasteiger partial charge on any atom is -0.431 e. The predicted octanol–water partition coefficient (Wildman–Crippen LogP) is 2.54. The van der Waals surface area contributed by atoms with Crippen LogP contribution in [0.5, 0.6) is 0 Å². The molecule has 0 aliphatic heterocycles. The molecule has 0 spiro atoms. The number of rotatable bonds is 3. The number of hydrogen-bond donors (Lipinski definition) is 0. The van der Waals surface area contributed by atoms with E-state index in [2.05, 4.69) is 23.6 Å². The summed E-state index contributed by atoms with van der Waals surface area (Å²) in [5, 5.41) is 0. The molecule has 0 aromatic heterocycles. The molecular weight excluding hydrogens is 176 g/mol. The van der Waals surface area contributed by atoms with Gasteiger partial charge in [0.25, 0.3) is 0 Å². The fourth-order valence-corrected chi connectivity index (χ4v) is 1.03. The van der Waals surface area contributed by atoms with Crippen LogP contribution in [0.15, 0.2) is 55.5 Å². The highest BCUT2D eigenvalue weighted by Crippen LogP contribution is 2.13. The minimum absolute atomic E-state index is 0.311. The molecule has 1 aromatic carbocycles. The van der Waals surface area contributed by atoms with Crippen molar-refractivity contribution in [2.24, 2.45) is 0 Å². The molecule has 1 aromatic rings. The lowest BCUT2D eigenvalue weighted by molar-refractivity contribution is -0.131. The van der Waals surface area contributed by atoms with Crippen molar-refractivity contribution in [2.45, 2.75) is 0 Å². The fraction of sp³-hybridized carbons (Fsp3) is 0. The lowest BCUT2D eigenvalue weighted by Gasteiger charge is -2.01. The number of benzene rings is 1. The number of ether oxygens (including phenoxy) is 1. The van der Waals surface area contributed by atoms with Crippen molar-refractivity contribution >= 4 is 11.5 Å². The number of esters is 1. The van der Waals surface area contributed by atoms with Gasteiger partial charge in [-0.25, -0.2) is 4.79 Å². The van der Waals surface area contributed by atoms with Crippen LogP contribution in [0.25, 0.3) is 5.57 Å². The van der Waals surface area contributed by atoms with Crippen molar-refractivity contribution in [3.63, 3.8) is 0 Å². The van der Waals surface area contributed by atoms with Gasteiger partial charge in [0.15, 0.2) is 0 Å². The Morgan fingerprint density at radius 1 is 1.36 bits per heavy atom. The van der Waals surface area contributed by atoms with Gasteiger partial charge in [0.2, 0.25) is 0 Å². The Morgan fingerprint density at radius 3 is 2.50 bits per heavy atom. The van der Waals surface area contributed by atoms with Gasteiger partial charge in [0, 0.05) is 0 Å². The summed E-state index contributed by atoms with van der Waals surface area (Å²) >= 11 is 0. The molecule has 0 atom stereocenters. The van der Waals surface area contributed by atoms with Crippen molar-refractivity contribution in [1.82, 2.24) is 0 Å². The van der Waals surface area contributed by atoms with Gasteiger partial charge in [0.1, 0.15) is 5.57 Å². The van der Waals surface area contributed by atoms with Gasteiger partial charge in [0.05, 0.1) is 6.26 Å². The first-order chi connectivity index (χ1) is 6.79. The summed E-state index contributed by atoms with van der Waals surface area (Å²) in [6, 6.07) is 9.10. The molecule has 0 amide bonds. The van der Waals surface area contributed by atoms with Crippen LogP contribution in [0.2, 0.25) is 0 Å². The van der Waals surface area contributed by atoms with Crippen LogP contribution in [0.1, 0.15) is 5.56 Å². The summed E-state index contributed by atoms with van der Waals surface area (Å²) in [6.45, 7) is 6.75. The Bertz CT molecular complexity index is 384. The maximum Gasteiger partial charge on any atom is 0.351 e. The van der Waals surface area contributed by atoms with Gasteiger partial charge in [-0.3, -0.25) is 0 Å². The molecule has 2 nitrogen and oxygen atoms in total. The molecule has 1 rings (SSSR count). The summed E-state index contributed by atoms with van der Waals surface area (Å²) in [5.41, 5.74) is 3.59. The summed E-state index contributed by atoms with van der Waals surface area (Å²) in [4.78, 5) is 11.3. The number of hydrogen-bond acceptors (Lipinski definition) is 2. The first-order valence-corrected chi connectivity index (χ1v) is 4.07. The van der Waals surface area contributed by atoms with Crippen molar-refractivity contribution in [3.05, 3.63) is 61.0 Å². The molecule has 2 heteroatoms. The second-order valence-electron chi connectivity index (χ2n) is 2.49. The van der Waals surface area contributed by atoms with Crippen LogP contribution >= 0.6 is 0 Å². The van der Waals surface area contributed by atoms with Crippen molar-refractivity contribution in [1.29, 1.82) is 0 Å². The van der Waals surface area contributed by atoms with Crippen LogP contribution in [-0.4, -0.2) is 5.97 Å². The van der Waals surface area contributed by atoms with Gasteiger partial charge >= 0.3 is 5.97 Å². The third-order valence-corrected chi connectivity index (χ3v) is 1.63. The molecule has 0 N–H and O–H groups in total. The molecule has 0 saturated heterocycles. The largest absolute Gasteiger partial charge is 0.431 e. The lowest BCUT2D eigenvalue weighted by atomic mass is 10.1. The monoisotopic (exact) mass is 186 g/mol. The van der Waals surface area contributed by atoms with E-state index in [1.54, 1.807) is 12.1 Å². The Kier molecular flexibility index (Phi) is 3.48. The normalized spacial score (nSPS) is 8.57. The molecule has 14 heavy (non-hydrogen) atoms. The molecule has 0 bridgehead atoms. The van der Waals surface area contributed by atoms with Gasteiger partial charge in [-0.2, -0.15) is 0 Å². The zero-order chi connectivity index (χ0) is 10.4. The Balaban J connectivity index is 3.01. The summed E-state index contributed by atoms with van der Waals surface area (Å²) < 4.78 is 4.63. The van der Waals surface area contributed by atoms with E-state index in [9.17, 15) is 4.79 Å². The van der Waals surface area contributed by atoms with Gasteiger partial charge in [-0.05, 0) is 5.56 Å². The van der Waals surface area contributed by atoms with Gasteiger partial charge in [-0.1, -0.05) is 43.5 Å². The highest BCUT2D eigenvalue weighted by Gasteiger charge is 2.10. The average Bonchev–Trinajstić information content (AvgIpc) is 2.21. The quantitative estimate of drug-likeness (QED) is 0.314. The third-order valence-electron chi connectivity index (χ3n) is 1.63. The Labute approximate surface area is 82.8 Å². The maximum absolute atomic E-state index is 11.3. The van der Waals surface area contributed by atoms with Crippen LogP contribution in [0.3, 0.4) is 0 Å². The molecule has 0 saturated carbocycles. The topological polar surface area (TPSA) is 26.3 Å². The van der Waals surface area contributed by atoms with Gasteiger partial charge in [-0.15, -0.1) is 5.73 Å². The van der Waals surface area contributed by atoms with E-state index >= 15 is 0 Å². The van der Waals surface area contributed by atoms with E-state index in [0.29, 0.717) is 5.57 Å². The van der Waals surface area contributed by atoms with E-state index in [0.717, 1.165) is 11.8 Å².